The van der Waals surface area contributed by atoms with Gasteiger partial charge in [-0.25, -0.2) is 9.97 Å². The molecule has 33 heavy (non-hydrogen) atoms. The molecular weight excluding hydrogens is 435 g/mol. The number of aromatic nitrogens is 2. The van der Waals surface area contributed by atoms with Crippen molar-refractivity contribution in [3.8, 4) is 0 Å². The number of hydrogen-bond donors (Lipinski definition) is 3. The summed E-state index contributed by atoms with van der Waals surface area (Å²) in [6.45, 7) is 3.52. The lowest BCUT2D eigenvalue weighted by molar-refractivity contribution is -0.137. The van der Waals surface area contributed by atoms with Crippen molar-refractivity contribution in [2.75, 3.05) is 25.0 Å². The molecular formula is C23H30F3N5O2. The summed E-state index contributed by atoms with van der Waals surface area (Å²) in [5, 5.41) is 16.1. The second-order valence-electron chi connectivity index (χ2n) is 9.07. The van der Waals surface area contributed by atoms with Crippen LogP contribution in [0.3, 0.4) is 0 Å². The van der Waals surface area contributed by atoms with E-state index in [-0.39, 0.29) is 35.8 Å². The van der Waals surface area contributed by atoms with Crippen molar-refractivity contribution < 1.29 is 23.1 Å². The molecule has 1 aliphatic heterocycles. The van der Waals surface area contributed by atoms with Gasteiger partial charge in [-0.3, -0.25) is 9.69 Å². The number of nitrogens with zero attached hydrogens (tertiary/aromatic N) is 3. The van der Waals surface area contributed by atoms with E-state index < -0.39 is 11.7 Å². The number of carbonyl (C=O) groups excluding carboxylic acids is 1. The molecule has 2 aromatic rings. The highest BCUT2D eigenvalue weighted by Gasteiger charge is 2.36. The number of rotatable bonds is 7. The molecule has 4 rings (SSSR count). The van der Waals surface area contributed by atoms with Gasteiger partial charge in [-0.2, -0.15) is 13.2 Å². The molecule has 0 radical (unpaired) electrons. The van der Waals surface area contributed by atoms with Crippen LogP contribution in [0.25, 0.3) is 10.9 Å². The molecule has 2 fully saturated rings. The van der Waals surface area contributed by atoms with E-state index in [2.05, 4.69) is 25.5 Å². The lowest BCUT2D eigenvalue weighted by atomic mass is 9.80. The largest absolute Gasteiger partial charge is 0.416 e. The summed E-state index contributed by atoms with van der Waals surface area (Å²) in [7, 11) is 0. The maximum absolute atomic E-state index is 13.0. The number of alkyl halides is 3. The first-order chi connectivity index (χ1) is 15.7. The molecule has 3 N–H and O–H groups in total. The predicted octanol–water partition coefficient (Wildman–Crippen LogP) is 3.19. The second kappa shape index (κ2) is 9.80. The first kappa shape index (κ1) is 23.7. The second-order valence-corrected chi connectivity index (χ2v) is 9.07. The van der Waals surface area contributed by atoms with Crippen molar-refractivity contribution >= 4 is 22.6 Å². The van der Waals surface area contributed by atoms with E-state index in [4.69, 9.17) is 0 Å². The van der Waals surface area contributed by atoms with E-state index in [1.165, 1.54) is 12.4 Å². The minimum Gasteiger partial charge on any atom is -0.393 e. The van der Waals surface area contributed by atoms with Gasteiger partial charge in [0.2, 0.25) is 5.91 Å². The third-order valence-corrected chi connectivity index (χ3v) is 6.87. The predicted molar refractivity (Wildman–Crippen MR) is 119 cm³/mol. The number of amides is 1. The Morgan fingerprint density at radius 1 is 1.21 bits per heavy atom. The Hall–Kier alpha value is -2.46. The van der Waals surface area contributed by atoms with Crippen molar-refractivity contribution in [3.63, 3.8) is 0 Å². The van der Waals surface area contributed by atoms with Gasteiger partial charge in [-0.15, -0.1) is 0 Å². The fourth-order valence-electron chi connectivity index (χ4n) is 4.90. The summed E-state index contributed by atoms with van der Waals surface area (Å²) < 4.78 is 39.1. The van der Waals surface area contributed by atoms with Crippen molar-refractivity contribution in [1.29, 1.82) is 0 Å². The molecule has 7 nitrogen and oxygen atoms in total. The number of carbonyl (C=O) groups is 1. The molecule has 10 heteroatoms. The van der Waals surface area contributed by atoms with Gasteiger partial charge in [0.1, 0.15) is 12.1 Å². The van der Waals surface area contributed by atoms with Crippen molar-refractivity contribution in [2.45, 2.75) is 63.4 Å². The molecule has 0 bridgehead atoms. The van der Waals surface area contributed by atoms with Crippen LogP contribution in [0.15, 0.2) is 24.5 Å². The zero-order valence-corrected chi connectivity index (χ0v) is 18.6. The summed E-state index contributed by atoms with van der Waals surface area (Å²) in [5.74, 6) is 0.370. The van der Waals surface area contributed by atoms with Crippen LogP contribution in [0.5, 0.6) is 0 Å². The third kappa shape index (κ3) is 5.55. The number of fused-ring (bicyclic) bond motifs is 1. The fraction of sp³-hybridized carbons (Fsp3) is 0.609. The number of halogens is 3. The zero-order chi connectivity index (χ0) is 23.6. The highest BCUT2D eigenvalue weighted by molar-refractivity contribution is 5.91. The van der Waals surface area contributed by atoms with Gasteiger partial charge in [0.05, 0.1) is 29.8 Å². The highest BCUT2D eigenvalue weighted by Crippen LogP contribution is 2.33. The number of aliphatic hydroxyl groups excluding tert-OH is 1. The Kier molecular flexibility index (Phi) is 7.04. The van der Waals surface area contributed by atoms with Crippen molar-refractivity contribution in [3.05, 3.63) is 30.1 Å². The highest BCUT2D eigenvalue weighted by atomic mass is 19.4. The van der Waals surface area contributed by atoms with E-state index in [1.807, 2.05) is 6.92 Å². The zero-order valence-electron chi connectivity index (χ0n) is 18.6. The van der Waals surface area contributed by atoms with Gasteiger partial charge < -0.3 is 15.7 Å². The first-order valence-electron chi connectivity index (χ1n) is 11.5. The molecule has 1 saturated carbocycles. The average molecular weight is 466 g/mol. The maximum atomic E-state index is 13.0. The molecule has 1 atom stereocenters. The topological polar surface area (TPSA) is 90.4 Å². The summed E-state index contributed by atoms with van der Waals surface area (Å²) in [6.07, 6.45) is 1.62. The van der Waals surface area contributed by atoms with Gasteiger partial charge in [0.25, 0.3) is 0 Å². The molecule has 1 aliphatic carbocycles. The summed E-state index contributed by atoms with van der Waals surface area (Å²) in [5.41, 5.74) is -0.415. The molecule has 1 aromatic heterocycles. The van der Waals surface area contributed by atoms with Crippen LogP contribution < -0.4 is 10.6 Å². The van der Waals surface area contributed by atoms with E-state index in [0.29, 0.717) is 17.5 Å². The van der Waals surface area contributed by atoms with Crippen LogP contribution in [0.1, 0.15) is 44.6 Å². The SMILES string of the molecule is CCC(O)[C@H]1CC[C@@H](N2CC(NC(=O)CNc3ncnc4ccc(C(F)(F)F)cc34)C2)CC1. The fourth-order valence-corrected chi connectivity index (χ4v) is 4.90. The lowest BCUT2D eigenvalue weighted by Gasteiger charge is -2.47. The number of likely N-dealkylation sites (tertiary alicyclic amines) is 1. The number of hydrogen-bond acceptors (Lipinski definition) is 6. The Balaban J connectivity index is 1.24. The van der Waals surface area contributed by atoms with Gasteiger partial charge in [-0.05, 0) is 56.2 Å². The Bertz CT molecular complexity index is 972. The number of aliphatic hydroxyl groups is 1. The molecule has 180 valence electrons. The summed E-state index contributed by atoms with van der Waals surface area (Å²) in [4.78, 5) is 22.8. The smallest absolute Gasteiger partial charge is 0.393 e. The summed E-state index contributed by atoms with van der Waals surface area (Å²) in [6, 6.07) is 3.84. The molecule has 1 aromatic carbocycles. The van der Waals surface area contributed by atoms with E-state index >= 15 is 0 Å². The van der Waals surface area contributed by atoms with Crippen LogP contribution in [0.2, 0.25) is 0 Å². The molecule has 1 saturated heterocycles. The lowest BCUT2D eigenvalue weighted by Crippen LogP contribution is -2.63. The Morgan fingerprint density at radius 3 is 2.61 bits per heavy atom. The minimum absolute atomic E-state index is 0.0669. The van der Waals surface area contributed by atoms with Crippen molar-refractivity contribution in [1.82, 2.24) is 20.2 Å². The van der Waals surface area contributed by atoms with Crippen LogP contribution in [0, 0.1) is 5.92 Å². The minimum atomic E-state index is -4.47. The Morgan fingerprint density at radius 2 is 1.94 bits per heavy atom. The van der Waals surface area contributed by atoms with Crippen LogP contribution in [-0.2, 0) is 11.0 Å². The van der Waals surface area contributed by atoms with Crippen LogP contribution in [0.4, 0.5) is 19.0 Å². The Labute approximate surface area is 190 Å². The van der Waals surface area contributed by atoms with Gasteiger partial charge in [-0.1, -0.05) is 6.92 Å². The van der Waals surface area contributed by atoms with Gasteiger partial charge >= 0.3 is 6.18 Å². The first-order valence-corrected chi connectivity index (χ1v) is 11.5. The molecule has 1 amide bonds. The number of anilines is 1. The van der Waals surface area contributed by atoms with Gasteiger partial charge in [0.15, 0.2) is 0 Å². The number of benzene rings is 1. The summed E-state index contributed by atoms with van der Waals surface area (Å²) >= 11 is 0. The third-order valence-electron chi connectivity index (χ3n) is 6.87. The quantitative estimate of drug-likeness (QED) is 0.582. The number of nitrogens with one attached hydrogen (secondary N) is 2. The molecule has 0 spiro atoms. The molecule has 1 unspecified atom stereocenters. The monoisotopic (exact) mass is 465 g/mol. The van der Waals surface area contributed by atoms with Crippen molar-refractivity contribution in [2.24, 2.45) is 5.92 Å². The van der Waals surface area contributed by atoms with E-state index in [9.17, 15) is 23.1 Å². The van der Waals surface area contributed by atoms with E-state index in [0.717, 1.165) is 57.3 Å². The maximum Gasteiger partial charge on any atom is 0.416 e. The van der Waals surface area contributed by atoms with E-state index in [1.54, 1.807) is 0 Å². The van der Waals surface area contributed by atoms with Crippen LogP contribution in [-0.4, -0.2) is 63.7 Å². The molecule has 2 heterocycles. The van der Waals surface area contributed by atoms with Crippen LogP contribution >= 0.6 is 0 Å². The normalized spacial score (nSPS) is 23.2. The standard InChI is InChI=1S/C23H30F3N5O2/c1-2-20(32)14-3-6-17(7-4-14)31-11-16(12-31)30-21(33)10-27-22-18-9-15(23(24,25)26)5-8-19(18)28-13-29-22/h5,8-9,13-14,16-17,20,32H,2-4,6-7,10-12H2,1H3,(H,30,33)(H,27,28,29)/t14-,17+,20?. The molecule has 2 aliphatic rings. The average Bonchev–Trinajstić information content (AvgIpc) is 2.78. The van der Waals surface area contributed by atoms with Gasteiger partial charge in [0, 0.05) is 24.5 Å².